The molecule has 0 bridgehead atoms. The molecule has 1 amide bonds. The van der Waals surface area contributed by atoms with Crippen LogP contribution in [0.1, 0.15) is 35.3 Å². The summed E-state index contributed by atoms with van der Waals surface area (Å²) >= 11 is 0. The molecule has 0 saturated carbocycles. The van der Waals surface area contributed by atoms with Crippen molar-refractivity contribution in [2.45, 2.75) is 19.4 Å². The molecule has 3 aromatic rings. The monoisotopic (exact) mass is 375 g/mol. The first-order chi connectivity index (χ1) is 13.7. The molecule has 0 spiro atoms. The average Bonchev–Trinajstić information content (AvgIpc) is 2.77. The van der Waals surface area contributed by atoms with Crippen molar-refractivity contribution in [1.29, 1.82) is 0 Å². The number of carbonyl (C=O) groups is 1. The summed E-state index contributed by atoms with van der Waals surface area (Å²) < 4.78 is 10.7. The molecular formula is C24H25NO3. The Morgan fingerprint density at radius 1 is 0.857 bits per heavy atom. The molecule has 1 N–H and O–H groups in total. The van der Waals surface area contributed by atoms with Gasteiger partial charge in [-0.25, -0.2) is 0 Å². The number of carbonyl (C=O) groups excluding carboxylic acids is 1. The van der Waals surface area contributed by atoms with Crippen LogP contribution >= 0.6 is 0 Å². The lowest BCUT2D eigenvalue weighted by Crippen LogP contribution is -2.28. The first-order valence-electron chi connectivity index (χ1n) is 9.34. The van der Waals surface area contributed by atoms with E-state index >= 15 is 0 Å². The third kappa shape index (κ3) is 4.34. The van der Waals surface area contributed by atoms with Gasteiger partial charge in [0.25, 0.3) is 5.91 Å². The van der Waals surface area contributed by atoms with Gasteiger partial charge in [0.15, 0.2) is 11.5 Å². The molecule has 1 atom stereocenters. The van der Waals surface area contributed by atoms with Gasteiger partial charge in [0.2, 0.25) is 0 Å². The minimum atomic E-state index is -0.110. The Balaban J connectivity index is 1.75. The quantitative estimate of drug-likeness (QED) is 0.613. The maximum Gasteiger partial charge on any atom is 0.251 e. The van der Waals surface area contributed by atoms with Crippen LogP contribution in [0.2, 0.25) is 0 Å². The topological polar surface area (TPSA) is 47.6 Å². The molecule has 0 aliphatic heterocycles. The number of rotatable bonds is 7. The predicted octanol–water partition coefficient (Wildman–Crippen LogP) is 5.25. The van der Waals surface area contributed by atoms with Gasteiger partial charge in [0.1, 0.15) is 0 Å². The zero-order chi connectivity index (χ0) is 19.9. The van der Waals surface area contributed by atoms with Crippen LogP contribution in [-0.2, 0) is 0 Å². The minimum Gasteiger partial charge on any atom is -0.493 e. The maximum atomic E-state index is 12.7. The standard InChI is InChI=1S/C24H25NO3/c1-4-21(20-14-15-22(27-2)23(16-20)28-3)25-24(26)19-12-10-18(11-13-19)17-8-6-5-7-9-17/h5-16,21H,4H2,1-3H3,(H,25,26)/t21-/m1/s1. The molecule has 0 unspecified atom stereocenters. The Bertz CT molecular complexity index is 920. The number of methoxy groups -OCH3 is 2. The lowest BCUT2D eigenvalue weighted by Gasteiger charge is -2.19. The summed E-state index contributed by atoms with van der Waals surface area (Å²) in [4.78, 5) is 12.7. The van der Waals surface area contributed by atoms with Gasteiger partial charge in [-0.15, -0.1) is 0 Å². The van der Waals surface area contributed by atoms with Gasteiger partial charge >= 0.3 is 0 Å². The molecule has 28 heavy (non-hydrogen) atoms. The van der Waals surface area contributed by atoms with E-state index in [-0.39, 0.29) is 11.9 Å². The molecule has 144 valence electrons. The van der Waals surface area contributed by atoms with Gasteiger partial charge in [0.05, 0.1) is 20.3 Å². The maximum absolute atomic E-state index is 12.7. The molecule has 4 nitrogen and oxygen atoms in total. The van der Waals surface area contributed by atoms with Gasteiger partial charge in [-0.05, 0) is 47.4 Å². The molecule has 4 heteroatoms. The molecule has 3 aromatic carbocycles. The first-order valence-corrected chi connectivity index (χ1v) is 9.34. The van der Waals surface area contributed by atoms with Crippen LogP contribution in [0.4, 0.5) is 0 Å². The highest BCUT2D eigenvalue weighted by molar-refractivity contribution is 5.95. The zero-order valence-electron chi connectivity index (χ0n) is 16.4. The molecule has 0 radical (unpaired) electrons. The van der Waals surface area contributed by atoms with E-state index in [1.54, 1.807) is 14.2 Å². The fourth-order valence-corrected chi connectivity index (χ4v) is 3.18. The zero-order valence-corrected chi connectivity index (χ0v) is 16.4. The van der Waals surface area contributed by atoms with Gasteiger partial charge < -0.3 is 14.8 Å². The molecular weight excluding hydrogens is 350 g/mol. The number of amides is 1. The van der Waals surface area contributed by atoms with Crippen molar-refractivity contribution in [2.75, 3.05) is 14.2 Å². The largest absolute Gasteiger partial charge is 0.493 e. The predicted molar refractivity (Wildman–Crippen MR) is 112 cm³/mol. The molecule has 3 rings (SSSR count). The second-order valence-electron chi connectivity index (χ2n) is 6.49. The van der Waals surface area contributed by atoms with E-state index in [1.807, 2.05) is 67.6 Å². The summed E-state index contributed by atoms with van der Waals surface area (Å²) in [6.45, 7) is 2.04. The third-order valence-corrected chi connectivity index (χ3v) is 4.78. The molecule has 0 saturated heterocycles. The van der Waals surface area contributed by atoms with Crippen LogP contribution in [0, 0.1) is 0 Å². The van der Waals surface area contributed by atoms with Crippen LogP contribution in [0.25, 0.3) is 11.1 Å². The van der Waals surface area contributed by atoms with Crippen LogP contribution in [0.15, 0.2) is 72.8 Å². The van der Waals surface area contributed by atoms with E-state index in [1.165, 1.54) is 0 Å². The van der Waals surface area contributed by atoms with E-state index in [4.69, 9.17) is 9.47 Å². The lowest BCUT2D eigenvalue weighted by atomic mass is 10.0. The van der Waals surface area contributed by atoms with E-state index in [2.05, 4.69) is 17.4 Å². The fraction of sp³-hybridized carbons (Fsp3) is 0.208. The minimum absolute atomic E-state index is 0.0961. The molecule has 0 aromatic heterocycles. The van der Waals surface area contributed by atoms with Crippen molar-refractivity contribution in [3.63, 3.8) is 0 Å². The van der Waals surface area contributed by atoms with Crippen molar-refractivity contribution in [2.24, 2.45) is 0 Å². The molecule has 0 aliphatic rings. The van der Waals surface area contributed by atoms with E-state index in [0.29, 0.717) is 17.1 Å². The van der Waals surface area contributed by atoms with Gasteiger partial charge in [-0.2, -0.15) is 0 Å². The lowest BCUT2D eigenvalue weighted by molar-refractivity contribution is 0.0935. The van der Waals surface area contributed by atoms with Gasteiger partial charge in [0, 0.05) is 5.56 Å². The number of ether oxygens (including phenoxy) is 2. The highest BCUT2D eigenvalue weighted by atomic mass is 16.5. The number of hydrogen-bond acceptors (Lipinski definition) is 3. The molecule has 0 aliphatic carbocycles. The highest BCUT2D eigenvalue weighted by Crippen LogP contribution is 2.31. The second-order valence-corrected chi connectivity index (χ2v) is 6.49. The summed E-state index contributed by atoms with van der Waals surface area (Å²) in [7, 11) is 3.21. The number of nitrogens with one attached hydrogen (secondary N) is 1. The van der Waals surface area contributed by atoms with Crippen LogP contribution in [-0.4, -0.2) is 20.1 Å². The first kappa shape index (κ1) is 19.5. The van der Waals surface area contributed by atoms with Crippen LogP contribution in [0.5, 0.6) is 11.5 Å². The summed E-state index contributed by atoms with van der Waals surface area (Å²) in [5.41, 5.74) is 3.84. The SMILES string of the molecule is CC[C@@H](NC(=O)c1ccc(-c2ccccc2)cc1)c1ccc(OC)c(OC)c1. The summed E-state index contributed by atoms with van der Waals surface area (Å²) in [5, 5.41) is 3.11. The summed E-state index contributed by atoms with van der Waals surface area (Å²) in [5.74, 6) is 1.23. The van der Waals surface area contributed by atoms with Crippen molar-refractivity contribution < 1.29 is 14.3 Å². The normalized spacial score (nSPS) is 11.5. The Morgan fingerprint density at radius 2 is 1.50 bits per heavy atom. The van der Waals surface area contributed by atoms with Gasteiger partial charge in [-0.3, -0.25) is 4.79 Å². The molecule has 0 heterocycles. The Hall–Kier alpha value is -3.27. The van der Waals surface area contributed by atoms with Crippen LogP contribution in [0.3, 0.4) is 0 Å². The molecule has 0 fully saturated rings. The Kier molecular flexibility index (Phi) is 6.33. The Morgan fingerprint density at radius 3 is 2.11 bits per heavy atom. The summed E-state index contributed by atoms with van der Waals surface area (Å²) in [6.07, 6.45) is 0.767. The highest BCUT2D eigenvalue weighted by Gasteiger charge is 2.16. The van der Waals surface area contributed by atoms with E-state index in [9.17, 15) is 4.79 Å². The van der Waals surface area contributed by atoms with E-state index in [0.717, 1.165) is 23.1 Å². The number of hydrogen-bond donors (Lipinski definition) is 1. The smallest absolute Gasteiger partial charge is 0.251 e. The fourth-order valence-electron chi connectivity index (χ4n) is 3.18. The summed E-state index contributed by atoms with van der Waals surface area (Å²) in [6, 6.07) is 23.4. The van der Waals surface area contributed by atoms with Crippen molar-refractivity contribution in [1.82, 2.24) is 5.32 Å². The van der Waals surface area contributed by atoms with Crippen LogP contribution < -0.4 is 14.8 Å². The van der Waals surface area contributed by atoms with Crippen molar-refractivity contribution in [3.8, 4) is 22.6 Å². The average molecular weight is 375 g/mol. The number of benzene rings is 3. The van der Waals surface area contributed by atoms with Crippen molar-refractivity contribution >= 4 is 5.91 Å². The second kappa shape index (κ2) is 9.09. The van der Waals surface area contributed by atoms with E-state index < -0.39 is 0 Å². The van der Waals surface area contributed by atoms with Crippen molar-refractivity contribution in [3.05, 3.63) is 83.9 Å². The van der Waals surface area contributed by atoms with Gasteiger partial charge in [-0.1, -0.05) is 55.5 Å². The Labute approximate surface area is 166 Å². The third-order valence-electron chi connectivity index (χ3n) is 4.78.